The van der Waals surface area contributed by atoms with Gasteiger partial charge in [0, 0.05) is 13.2 Å². The number of carbonyl (C=O) groups is 2. The Labute approximate surface area is 105 Å². The molecule has 0 aliphatic carbocycles. The van der Waals surface area contributed by atoms with Crippen molar-refractivity contribution in [3.8, 4) is 12.3 Å². The topological polar surface area (TPSA) is 73.2 Å². The molecule has 1 N–H and O–H groups in total. The fraction of sp³-hybridized carbons (Fsp3) is 0.417. The summed E-state index contributed by atoms with van der Waals surface area (Å²) in [5, 5.41) is 6.33. The monoisotopic (exact) mass is 249 g/mol. The number of ether oxygens (including phenoxy) is 1. The smallest absolute Gasteiger partial charge is 0.413 e. The Morgan fingerprint density at radius 3 is 2.61 bits per heavy atom. The predicted molar refractivity (Wildman–Crippen MR) is 66.2 cm³/mol. The van der Waals surface area contributed by atoms with Crippen LogP contribution in [0, 0.1) is 12.3 Å². The van der Waals surface area contributed by atoms with Crippen LogP contribution in [0.15, 0.2) is 6.20 Å². The van der Waals surface area contributed by atoms with E-state index in [9.17, 15) is 9.59 Å². The van der Waals surface area contributed by atoms with Gasteiger partial charge in [-0.15, -0.1) is 6.42 Å². The minimum atomic E-state index is -0.688. The van der Waals surface area contributed by atoms with Crippen LogP contribution in [0.25, 0.3) is 0 Å². The molecule has 18 heavy (non-hydrogen) atoms. The average Bonchev–Trinajstić information content (AvgIpc) is 2.55. The second-order valence-electron chi connectivity index (χ2n) is 4.67. The molecule has 6 heteroatoms. The largest absolute Gasteiger partial charge is 0.444 e. The lowest BCUT2D eigenvalue weighted by Crippen LogP contribution is -2.27. The molecule has 0 unspecified atom stereocenters. The fourth-order valence-corrected chi connectivity index (χ4v) is 1.22. The minimum Gasteiger partial charge on any atom is -0.444 e. The van der Waals surface area contributed by atoms with E-state index < -0.39 is 17.5 Å². The van der Waals surface area contributed by atoms with Crippen LogP contribution in [0.5, 0.6) is 0 Å². The molecule has 1 heterocycles. The normalized spacial score (nSPS) is 10.6. The predicted octanol–water partition coefficient (Wildman–Crippen LogP) is 1.58. The van der Waals surface area contributed by atoms with E-state index in [4.69, 9.17) is 11.2 Å². The Bertz CT molecular complexity index is 518. The maximum absolute atomic E-state index is 11.6. The average molecular weight is 249 g/mol. The third-order valence-electron chi connectivity index (χ3n) is 1.82. The third kappa shape index (κ3) is 3.63. The quantitative estimate of drug-likeness (QED) is 0.490. The highest BCUT2D eigenvalue weighted by Gasteiger charge is 2.20. The lowest BCUT2D eigenvalue weighted by Gasteiger charge is -2.19. The number of aryl methyl sites for hydroxylation is 1. The lowest BCUT2D eigenvalue weighted by molar-refractivity contribution is 0.0635. The van der Waals surface area contributed by atoms with Crippen LogP contribution in [0.3, 0.4) is 0 Å². The lowest BCUT2D eigenvalue weighted by atomic mass is 10.2. The van der Waals surface area contributed by atoms with Crippen LogP contribution in [0.4, 0.5) is 10.6 Å². The number of carbonyl (C=O) groups excluding carboxylic acids is 2. The first-order chi connectivity index (χ1) is 8.23. The molecule has 0 saturated carbocycles. The van der Waals surface area contributed by atoms with Crippen molar-refractivity contribution in [2.75, 3.05) is 5.32 Å². The first-order valence-corrected chi connectivity index (χ1v) is 5.27. The van der Waals surface area contributed by atoms with Gasteiger partial charge in [-0.1, -0.05) is 0 Å². The number of amides is 1. The van der Waals surface area contributed by atoms with Crippen LogP contribution in [-0.2, 0) is 11.8 Å². The van der Waals surface area contributed by atoms with Crippen LogP contribution in [0.1, 0.15) is 31.1 Å². The summed E-state index contributed by atoms with van der Waals surface area (Å²) in [6, 6.07) is 0. The van der Waals surface area contributed by atoms with Crippen LogP contribution in [-0.4, -0.2) is 27.3 Å². The number of hydrogen-bond acceptors (Lipinski definition) is 4. The molecule has 0 radical (unpaired) electrons. The first kappa shape index (κ1) is 13.8. The van der Waals surface area contributed by atoms with Gasteiger partial charge in [0.2, 0.25) is 5.78 Å². The molecule has 0 fully saturated rings. The molecule has 0 atom stereocenters. The molecule has 0 spiro atoms. The Morgan fingerprint density at radius 2 is 2.11 bits per heavy atom. The Morgan fingerprint density at radius 1 is 1.50 bits per heavy atom. The van der Waals surface area contributed by atoms with Gasteiger partial charge in [0.05, 0.1) is 5.56 Å². The van der Waals surface area contributed by atoms with Crippen molar-refractivity contribution in [3.63, 3.8) is 0 Å². The van der Waals surface area contributed by atoms with E-state index in [0.717, 1.165) is 0 Å². The zero-order chi connectivity index (χ0) is 13.9. The molecule has 0 bridgehead atoms. The van der Waals surface area contributed by atoms with Crippen molar-refractivity contribution < 1.29 is 14.3 Å². The van der Waals surface area contributed by atoms with Gasteiger partial charge in [0.15, 0.2) is 5.82 Å². The third-order valence-corrected chi connectivity index (χ3v) is 1.82. The van der Waals surface area contributed by atoms with Crippen LogP contribution in [0.2, 0.25) is 0 Å². The van der Waals surface area contributed by atoms with E-state index in [0.29, 0.717) is 0 Å². The zero-order valence-corrected chi connectivity index (χ0v) is 10.8. The summed E-state index contributed by atoms with van der Waals surface area (Å²) in [4.78, 5) is 23.0. The number of hydrogen-bond donors (Lipinski definition) is 1. The molecule has 6 nitrogen and oxygen atoms in total. The van der Waals surface area contributed by atoms with Crippen molar-refractivity contribution >= 4 is 17.7 Å². The van der Waals surface area contributed by atoms with E-state index in [1.165, 1.54) is 10.9 Å². The molecule has 1 aromatic heterocycles. The number of rotatable bonds is 2. The SMILES string of the molecule is C#CC(=O)c1cn(C)nc1NC(=O)OC(C)(C)C. The van der Waals surface area contributed by atoms with Crippen molar-refractivity contribution in [2.24, 2.45) is 7.05 Å². The second-order valence-corrected chi connectivity index (χ2v) is 4.67. The summed E-state index contributed by atoms with van der Waals surface area (Å²) in [5.41, 5.74) is -0.472. The molecule has 1 aromatic rings. The second kappa shape index (κ2) is 4.92. The van der Waals surface area contributed by atoms with Crippen molar-refractivity contribution in [1.82, 2.24) is 9.78 Å². The van der Waals surface area contributed by atoms with Crippen molar-refractivity contribution in [1.29, 1.82) is 0 Å². The number of ketones is 1. The van der Waals surface area contributed by atoms with E-state index in [1.54, 1.807) is 27.8 Å². The van der Waals surface area contributed by atoms with Crippen molar-refractivity contribution in [2.45, 2.75) is 26.4 Å². The maximum Gasteiger partial charge on any atom is 0.413 e. The zero-order valence-electron chi connectivity index (χ0n) is 10.8. The summed E-state index contributed by atoms with van der Waals surface area (Å²) < 4.78 is 6.44. The number of terminal acetylenes is 1. The van der Waals surface area contributed by atoms with Gasteiger partial charge >= 0.3 is 6.09 Å². The molecule has 1 rings (SSSR count). The number of nitrogens with one attached hydrogen (secondary N) is 1. The number of anilines is 1. The summed E-state index contributed by atoms with van der Waals surface area (Å²) in [7, 11) is 1.62. The van der Waals surface area contributed by atoms with Gasteiger partial charge in [0.1, 0.15) is 5.60 Å². The highest BCUT2D eigenvalue weighted by molar-refractivity contribution is 6.12. The molecule has 0 aliphatic heterocycles. The first-order valence-electron chi connectivity index (χ1n) is 5.27. The molecular formula is C12H15N3O3. The van der Waals surface area contributed by atoms with E-state index in [2.05, 4.69) is 10.4 Å². The molecule has 1 amide bonds. The Kier molecular flexibility index (Phi) is 3.76. The van der Waals surface area contributed by atoms with Crippen molar-refractivity contribution in [3.05, 3.63) is 11.8 Å². The maximum atomic E-state index is 11.6. The molecule has 0 aliphatic rings. The van der Waals surface area contributed by atoms with Gasteiger partial charge in [-0.2, -0.15) is 5.10 Å². The van der Waals surface area contributed by atoms with Gasteiger partial charge in [0.25, 0.3) is 0 Å². The number of Topliss-reactive ketones (excluding diaryl/α,β-unsaturated/α-hetero) is 1. The van der Waals surface area contributed by atoms with Gasteiger partial charge in [-0.25, -0.2) is 4.79 Å². The van der Waals surface area contributed by atoms with E-state index in [-0.39, 0.29) is 11.4 Å². The standard InChI is InChI=1S/C12H15N3O3/c1-6-9(16)8-7-15(5)14-10(8)13-11(17)18-12(2,3)4/h1,7H,2-5H3,(H,13,14,17). The Balaban J connectivity index is 2.89. The summed E-state index contributed by atoms with van der Waals surface area (Å²) >= 11 is 0. The Hall–Kier alpha value is -2.29. The highest BCUT2D eigenvalue weighted by Crippen LogP contribution is 2.15. The minimum absolute atomic E-state index is 0.0923. The molecule has 0 aromatic carbocycles. The number of aromatic nitrogens is 2. The van der Waals surface area contributed by atoms with Crippen LogP contribution < -0.4 is 5.32 Å². The van der Waals surface area contributed by atoms with Gasteiger partial charge in [-0.05, 0) is 26.7 Å². The van der Waals surface area contributed by atoms with E-state index >= 15 is 0 Å². The van der Waals surface area contributed by atoms with Crippen LogP contribution >= 0.6 is 0 Å². The highest BCUT2D eigenvalue weighted by atomic mass is 16.6. The molecule has 0 saturated heterocycles. The van der Waals surface area contributed by atoms with E-state index in [1.807, 2.05) is 5.92 Å². The molecular weight excluding hydrogens is 234 g/mol. The number of nitrogens with zero attached hydrogens (tertiary/aromatic N) is 2. The summed E-state index contributed by atoms with van der Waals surface area (Å²) in [6.07, 6.45) is 5.79. The fourth-order valence-electron chi connectivity index (χ4n) is 1.22. The molecule has 96 valence electrons. The van der Waals surface area contributed by atoms with Gasteiger partial charge in [-0.3, -0.25) is 14.8 Å². The summed E-state index contributed by atoms with van der Waals surface area (Å²) in [5.74, 6) is 1.52. The van der Waals surface area contributed by atoms with Gasteiger partial charge < -0.3 is 4.74 Å². The summed E-state index contributed by atoms with van der Waals surface area (Å²) in [6.45, 7) is 5.20.